The third kappa shape index (κ3) is 1.87. The van der Waals surface area contributed by atoms with E-state index in [0.29, 0.717) is 12.3 Å². The van der Waals surface area contributed by atoms with E-state index >= 15 is 0 Å². The van der Waals surface area contributed by atoms with Crippen molar-refractivity contribution in [3.05, 3.63) is 59.5 Å². The molecule has 0 spiro atoms. The average molecular weight is 242 g/mol. The quantitative estimate of drug-likeness (QED) is 0.872. The molecule has 2 nitrogen and oxygen atoms in total. The molecule has 0 bridgehead atoms. The highest BCUT2D eigenvalue weighted by atomic mass is 16.3. The summed E-state index contributed by atoms with van der Waals surface area (Å²) in [5.74, 6) is 1.37. The van der Waals surface area contributed by atoms with Gasteiger partial charge in [-0.25, -0.2) is 0 Å². The van der Waals surface area contributed by atoms with Crippen LogP contribution in [0.15, 0.2) is 47.1 Å². The molecule has 2 heteroatoms. The first-order valence-electron chi connectivity index (χ1n) is 6.53. The Labute approximate surface area is 107 Å². The number of benzene rings is 1. The lowest BCUT2D eigenvalue weighted by Gasteiger charge is -2.36. The summed E-state index contributed by atoms with van der Waals surface area (Å²) in [6.45, 7) is 2.23. The number of fused-ring (bicyclic) bond motifs is 1. The third-order valence-corrected chi connectivity index (χ3v) is 4.03. The Kier molecular flexibility index (Phi) is 2.75. The Balaban J connectivity index is 2.00. The van der Waals surface area contributed by atoms with Gasteiger partial charge in [0.25, 0.3) is 0 Å². The second-order valence-corrected chi connectivity index (χ2v) is 5.31. The van der Waals surface area contributed by atoms with Crippen LogP contribution in [0, 0.1) is 0 Å². The molecular weight excluding hydrogens is 224 g/mol. The van der Waals surface area contributed by atoms with Gasteiger partial charge in [-0.05, 0) is 42.0 Å². The van der Waals surface area contributed by atoms with Crippen LogP contribution in [0.1, 0.15) is 42.6 Å². The predicted molar refractivity (Wildman–Crippen MR) is 70.4 cm³/mol. The van der Waals surface area contributed by atoms with E-state index in [1.54, 1.807) is 6.26 Å². The van der Waals surface area contributed by atoms with Crippen molar-refractivity contribution in [1.82, 2.24) is 0 Å². The third-order valence-electron chi connectivity index (χ3n) is 4.03. The van der Waals surface area contributed by atoms with Gasteiger partial charge in [-0.1, -0.05) is 31.2 Å². The molecule has 1 N–H and O–H groups in total. The van der Waals surface area contributed by atoms with Crippen molar-refractivity contribution in [2.45, 2.75) is 37.7 Å². The second-order valence-electron chi connectivity index (χ2n) is 5.31. The minimum atomic E-state index is -0.777. The Morgan fingerprint density at radius 3 is 2.89 bits per heavy atom. The molecule has 2 aromatic rings. The van der Waals surface area contributed by atoms with Crippen molar-refractivity contribution in [3.8, 4) is 0 Å². The number of rotatable bonds is 2. The molecule has 0 saturated carbocycles. The van der Waals surface area contributed by atoms with Crippen LogP contribution < -0.4 is 0 Å². The Morgan fingerprint density at radius 2 is 2.11 bits per heavy atom. The molecular formula is C16H18O2. The van der Waals surface area contributed by atoms with E-state index in [1.165, 1.54) is 5.56 Å². The van der Waals surface area contributed by atoms with Crippen LogP contribution in [0.5, 0.6) is 0 Å². The Hall–Kier alpha value is -1.54. The van der Waals surface area contributed by atoms with Gasteiger partial charge in [0.05, 0.1) is 11.9 Å². The fraction of sp³-hybridized carbons (Fsp3) is 0.375. The Morgan fingerprint density at radius 1 is 1.28 bits per heavy atom. The van der Waals surface area contributed by atoms with E-state index < -0.39 is 5.60 Å². The molecule has 0 fully saturated rings. The summed E-state index contributed by atoms with van der Waals surface area (Å²) in [5, 5.41) is 11.0. The molecule has 0 amide bonds. The molecule has 94 valence electrons. The number of hydrogen-bond donors (Lipinski definition) is 1. The minimum absolute atomic E-state index is 0.526. The van der Waals surface area contributed by atoms with Gasteiger partial charge < -0.3 is 9.52 Å². The van der Waals surface area contributed by atoms with Gasteiger partial charge in [0, 0.05) is 6.42 Å². The molecule has 1 aromatic heterocycles. The molecule has 2 atom stereocenters. The van der Waals surface area contributed by atoms with E-state index in [9.17, 15) is 5.11 Å². The minimum Gasteiger partial charge on any atom is -0.469 e. The van der Waals surface area contributed by atoms with Gasteiger partial charge in [0.15, 0.2) is 0 Å². The lowest BCUT2D eigenvalue weighted by Crippen LogP contribution is -2.33. The largest absolute Gasteiger partial charge is 0.469 e. The van der Waals surface area contributed by atoms with Gasteiger partial charge >= 0.3 is 0 Å². The first kappa shape index (κ1) is 11.5. The van der Waals surface area contributed by atoms with Crippen molar-refractivity contribution in [1.29, 1.82) is 0 Å². The smallest absolute Gasteiger partial charge is 0.106 e. The molecule has 2 unspecified atom stereocenters. The summed E-state index contributed by atoms with van der Waals surface area (Å²) in [6, 6.07) is 12.0. The summed E-state index contributed by atoms with van der Waals surface area (Å²) >= 11 is 0. The molecule has 0 radical (unpaired) electrons. The normalized spacial score (nSPS) is 26.9. The van der Waals surface area contributed by atoms with Crippen LogP contribution in [-0.4, -0.2) is 5.11 Å². The average Bonchev–Trinajstić information content (AvgIpc) is 2.87. The van der Waals surface area contributed by atoms with Gasteiger partial charge in [-0.15, -0.1) is 0 Å². The molecule has 1 aromatic carbocycles. The van der Waals surface area contributed by atoms with Crippen molar-refractivity contribution < 1.29 is 9.52 Å². The van der Waals surface area contributed by atoms with E-state index in [4.69, 9.17) is 4.42 Å². The molecule has 3 rings (SSSR count). The topological polar surface area (TPSA) is 33.4 Å². The van der Waals surface area contributed by atoms with Crippen LogP contribution in [0.25, 0.3) is 0 Å². The van der Waals surface area contributed by atoms with E-state index in [1.807, 2.05) is 30.3 Å². The summed E-state index contributed by atoms with van der Waals surface area (Å²) < 4.78 is 5.38. The zero-order chi connectivity index (χ0) is 12.6. The van der Waals surface area contributed by atoms with Gasteiger partial charge in [0.1, 0.15) is 5.76 Å². The summed E-state index contributed by atoms with van der Waals surface area (Å²) in [6.07, 6.45) is 4.04. The van der Waals surface area contributed by atoms with Gasteiger partial charge in [0.2, 0.25) is 0 Å². The van der Waals surface area contributed by atoms with Crippen LogP contribution in [-0.2, 0) is 12.0 Å². The lowest BCUT2D eigenvalue weighted by atomic mass is 9.73. The predicted octanol–water partition coefficient (Wildman–Crippen LogP) is 3.61. The number of furan rings is 1. The first-order chi connectivity index (χ1) is 8.69. The SMILES string of the molecule is CC1CCC(O)(Cc2ccco2)c2ccccc21. The summed E-state index contributed by atoms with van der Waals surface area (Å²) in [7, 11) is 0. The molecule has 0 aliphatic heterocycles. The van der Waals surface area contributed by atoms with E-state index in [0.717, 1.165) is 24.2 Å². The highest BCUT2D eigenvalue weighted by Crippen LogP contribution is 2.42. The zero-order valence-electron chi connectivity index (χ0n) is 10.6. The highest BCUT2D eigenvalue weighted by Gasteiger charge is 2.37. The molecule has 0 saturated heterocycles. The second kappa shape index (κ2) is 4.29. The van der Waals surface area contributed by atoms with Crippen molar-refractivity contribution in [2.75, 3.05) is 0 Å². The van der Waals surface area contributed by atoms with Crippen LogP contribution in [0.3, 0.4) is 0 Å². The van der Waals surface area contributed by atoms with Crippen LogP contribution in [0.4, 0.5) is 0 Å². The lowest BCUT2D eigenvalue weighted by molar-refractivity contribution is 0.0113. The fourth-order valence-electron chi connectivity index (χ4n) is 2.98. The molecule has 1 aliphatic carbocycles. The van der Waals surface area contributed by atoms with Crippen LogP contribution >= 0.6 is 0 Å². The van der Waals surface area contributed by atoms with Crippen LogP contribution in [0.2, 0.25) is 0 Å². The standard InChI is InChI=1S/C16H18O2/c1-12-8-9-16(17,11-13-5-4-10-18-13)15-7-3-2-6-14(12)15/h2-7,10,12,17H,8-9,11H2,1H3. The first-order valence-corrected chi connectivity index (χ1v) is 6.53. The van der Waals surface area contributed by atoms with Crippen molar-refractivity contribution in [2.24, 2.45) is 0 Å². The van der Waals surface area contributed by atoms with Crippen molar-refractivity contribution in [3.63, 3.8) is 0 Å². The maximum atomic E-state index is 11.0. The van der Waals surface area contributed by atoms with Crippen molar-refractivity contribution >= 4 is 0 Å². The monoisotopic (exact) mass is 242 g/mol. The van der Waals surface area contributed by atoms with Gasteiger partial charge in [-0.3, -0.25) is 0 Å². The maximum Gasteiger partial charge on any atom is 0.106 e. The van der Waals surface area contributed by atoms with E-state index in [-0.39, 0.29) is 0 Å². The molecule has 1 aliphatic rings. The maximum absolute atomic E-state index is 11.0. The number of hydrogen-bond acceptors (Lipinski definition) is 2. The van der Waals surface area contributed by atoms with Gasteiger partial charge in [-0.2, -0.15) is 0 Å². The van der Waals surface area contributed by atoms with E-state index in [2.05, 4.69) is 13.0 Å². The fourth-order valence-corrected chi connectivity index (χ4v) is 2.98. The summed E-state index contributed by atoms with van der Waals surface area (Å²) in [5.41, 5.74) is 1.57. The zero-order valence-corrected chi connectivity index (χ0v) is 10.6. The molecule has 18 heavy (non-hydrogen) atoms. The summed E-state index contributed by atoms with van der Waals surface area (Å²) in [4.78, 5) is 0. The molecule has 1 heterocycles. The Bertz CT molecular complexity index is 530. The number of aliphatic hydroxyl groups is 1. The highest BCUT2D eigenvalue weighted by molar-refractivity contribution is 5.38.